The van der Waals surface area contributed by atoms with Gasteiger partial charge in [-0.1, -0.05) is 50.0 Å². The topological polar surface area (TPSA) is 44.8 Å². The van der Waals surface area contributed by atoms with Gasteiger partial charge in [-0.25, -0.2) is 0 Å². The van der Waals surface area contributed by atoms with Crippen molar-refractivity contribution in [3.8, 4) is 11.8 Å². The number of epoxide rings is 1. The van der Waals surface area contributed by atoms with Crippen molar-refractivity contribution in [1.82, 2.24) is 0 Å². The minimum Gasteiger partial charge on any atom is -0.393 e. The molecule has 1 saturated carbocycles. The summed E-state index contributed by atoms with van der Waals surface area (Å²) >= 11 is 0. The van der Waals surface area contributed by atoms with Crippen LogP contribution >= 0.6 is 0 Å². The third-order valence-corrected chi connectivity index (χ3v) is 5.33. The van der Waals surface area contributed by atoms with Gasteiger partial charge in [0.05, 0.1) is 6.10 Å². The molecule has 0 spiro atoms. The normalized spacial score (nSPS) is 33.9. The largest absolute Gasteiger partial charge is 0.393 e. The maximum Gasteiger partial charge on any atom is 0.163 e. The Bertz CT molecular complexity index is 698. The SMILES string of the molecule is CC(C#C[C@@]12O[C@]1(C)C[C@@H](O)CC2(C)C)=CCNc1ccccc1. The molecule has 0 aromatic heterocycles. The molecule has 0 bridgehead atoms. The molecule has 1 aromatic carbocycles. The number of anilines is 1. The van der Waals surface area contributed by atoms with Gasteiger partial charge in [-0.2, -0.15) is 0 Å². The van der Waals surface area contributed by atoms with Gasteiger partial charge in [-0.05, 0) is 38.0 Å². The summed E-state index contributed by atoms with van der Waals surface area (Å²) in [5.41, 5.74) is 1.25. The summed E-state index contributed by atoms with van der Waals surface area (Å²) in [5.74, 6) is 6.67. The zero-order chi connectivity index (χ0) is 17.4. The van der Waals surface area contributed by atoms with Crippen LogP contribution in [0, 0.1) is 17.3 Å². The number of aliphatic hydroxyl groups is 1. The highest BCUT2D eigenvalue weighted by Crippen LogP contribution is 2.64. The van der Waals surface area contributed by atoms with Crippen molar-refractivity contribution in [1.29, 1.82) is 0 Å². The van der Waals surface area contributed by atoms with E-state index in [-0.39, 0.29) is 17.1 Å². The number of para-hydroxylation sites is 1. The van der Waals surface area contributed by atoms with E-state index in [1.165, 1.54) is 0 Å². The lowest BCUT2D eigenvalue weighted by molar-refractivity contribution is 0.0542. The van der Waals surface area contributed by atoms with Gasteiger partial charge in [0, 0.05) is 24.1 Å². The first-order valence-corrected chi connectivity index (χ1v) is 8.65. The summed E-state index contributed by atoms with van der Waals surface area (Å²) < 4.78 is 6.09. The van der Waals surface area contributed by atoms with Gasteiger partial charge in [0.1, 0.15) is 5.60 Å². The predicted octanol–water partition coefficient (Wildman–Crippen LogP) is 3.76. The molecule has 0 radical (unpaired) electrons. The van der Waals surface area contributed by atoms with Crippen LogP contribution in [-0.2, 0) is 4.74 Å². The summed E-state index contributed by atoms with van der Waals surface area (Å²) in [7, 11) is 0. The molecular formula is C21H27NO2. The van der Waals surface area contributed by atoms with Crippen LogP contribution in [0.4, 0.5) is 5.69 Å². The van der Waals surface area contributed by atoms with Crippen molar-refractivity contribution >= 4 is 5.69 Å². The Hall–Kier alpha value is -1.76. The molecule has 3 nitrogen and oxygen atoms in total. The molecule has 1 saturated heterocycles. The molecule has 1 aromatic rings. The van der Waals surface area contributed by atoms with Crippen LogP contribution in [0.15, 0.2) is 42.0 Å². The van der Waals surface area contributed by atoms with Crippen LogP contribution in [0.25, 0.3) is 0 Å². The Labute approximate surface area is 145 Å². The molecule has 1 aliphatic carbocycles. The van der Waals surface area contributed by atoms with Crippen LogP contribution in [-0.4, -0.2) is 29.0 Å². The van der Waals surface area contributed by atoms with Gasteiger partial charge < -0.3 is 15.2 Å². The standard InChI is InChI=1S/C21H27NO2/c1-16(11-13-22-17-8-6-5-7-9-17)10-12-21-19(2,3)14-18(23)15-20(21,4)24-21/h5-9,11,18,22-23H,13-15H2,1-4H3/t18-,20+,21-/m0/s1. The Morgan fingerprint density at radius 1 is 1.29 bits per heavy atom. The van der Waals surface area contributed by atoms with Crippen molar-refractivity contribution in [2.24, 2.45) is 5.41 Å². The van der Waals surface area contributed by atoms with Crippen molar-refractivity contribution in [3.05, 3.63) is 42.0 Å². The molecule has 1 aliphatic heterocycles. The van der Waals surface area contributed by atoms with Crippen molar-refractivity contribution in [3.63, 3.8) is 0 Å². The molecule has 24 heavy (non-hydrogen) atoms. The highest BCUT2D eigenvalue weighted by Gasteiger charge is 2.75. The lowest BCUT2D eigenvalue weighted by Gasteiger charge is -2.37. The fourth-order valence-electron chi connectivity index (χ4n) is 4.05. The first-order chi connectivity index (χ1) is 11.3. The maximum atomic E-state index is 10.1. The number of aliphatic hydroxyl groups excluding tert-OH is 1. The summed E-state index contributed by atoms with van der Waals surface area (Å²) in [5, 5.41) is 13.4. The number of allylic oxidation sites excluding steroid dienone is 1. The smallest absolute Gasteiger partial charge is 0.163 e. The summed E-state index contributed by atoms with van der Waals surface area (Å²) in [6, 6.07) is 10.1. The highest BCUT2D eigenvalue weighted by atomic mass is 16.6. The van der Waals surface area contributed by atoms with Gasteiger partial charge in [0.15, 0.2) is 5.60 Å². The van der Waals surface area contributed by atoms with Gasteiger partial charge in [-0.3, -0.25) is 0 Å². The maximum absolute atomic E-state index is 10.1. The molecular weight excluding hydrogens is 298 g/mol. The van der Waals surface area contributed by atoms with E-state index in [0.29, 0.717) is 6.42 Å². The Kier molecular flexibility index (Phi) is 4.23. The van der Waals surface area contributed by atoms with E-state index < -0.39 is 5.60 Å². The molecule has 2 N–H and O–H groups in total. The second-order valence-electron chi connectivity index (χ2n) is 7.84. The third-order valence-electron chi connectivity index (χ3n) is 5.33. The number of hydrogen-bond acceptors (Lipinski definition) is 3. The number of hydrogen-bond donors (Lipinski definition) is 2. The zero-order valence-electron chi connectivity index (χ0n) is 15.0. The Morgan fingerprint density at radius 3 is 2.67 bits per heavy atom. The molecule has 2 fully saturated rings. The Balaban J connectivity index is 1.67. The zero-order valence-corrected chi connectivity index (χ0v) is 15.0. The summed E-state index contributed by atoms with van der Waals surface area (Å²) in [4.78, 5) is 0. The van der Waals surface area contributed by atoms with Crippen molar-refractivity contribution in [2.45, 2.75) is 57.8 Å². The van der Waals surface area contributed by atoms with Crippen molar-refractivity contribution < 1.29 is 9.84 Å². The molecule has 0 amide bonds. The highest BCUT2D eigenvalue weighted by molar-refractivity contribution is 5.45. The number of benzene rings is 1. The molecule has 0 unspecified atom stereocenters. The first-order valence-electron chi connectivity index (χ1n) is 8.65. The second-order valence-corrected chi connectivity index (χ2v) is 7.84. The quantitative estimate of drug-likeness (QED) is 0.657. The number of rotatable bonds is 3. The fourth-order valence-corrected chi connectivity index (χ4v) is 4.05. The van der Waals surface area contributed by atoms with E-state index in [1.807, 2.05) is 37.3 Å². The minimum atomic E-state index is -0.429. The minimum absolute atomic E-state index is 0.144. The average molecular weight is 325 g/mol. The number of ether oxygens (including phenoxy) is 1. The number of fused-ring (bicyclic) bond motifs is 1. The molecule has 128 valence electrons. The van der Waals surface area contributed by atoms with E-state index >= 15 is 0 Å². The van der Waals surface area contributed by atoms with Crippen LogP contribution in [0.3, 0.4) is 0 Å². The van der Waals surface area contributed by atoms with Crippen molar-refractivity contribution in [2.75, 3.05) is 11.9 Å². The van der Waals surface area contributed by atoms with E-state index in [9.17, 15) is 5.11 Å². The fraction of sp³-hybridized carbons (Fsp3) is 0.524. The van der Waals surface area contributed by atoms with Gasteiger partial charge in [-0.15, -0.1) is 0 Å². The van der Waals surface area contributed by atoms with Gasteiger partial charge in [0.2, 0.25) is 0 Å². The lowest BCUT2D eigenvalue weighted by Crippen LogP contribution is -2.46. The van der Waals surface area contributed by atoms with E-state index in [4.69, 9.17) is 4.74 Å². The average Bonchev–Trinajstić information content (AvgIpc) is 3.12. The van der Waals surface area contributed by atoms with E-state index in [1.54, 1.807) is 0 Å². The Morgan fingerprint density at radius 2 is 2.00 bits per heavy atom. The lowest BCUT2D eigenvalue weighted by atomic mass is 9.63. The van der Waals surface area contributed by atoms with E-state index in [2.05, 4.69) is 44.0 Å². The number of nitrogens with one attached hydrogen (secondary N) is 1. The monoisotopic (exact) mass is 325 g/mol. The van der Waals surface area contributed by atoms with Gasteiger partial charge >= 0.3 is 0 Å². The van der Waals surface area contributed by atoms with Crippen LogP contribution in [0.5, 0.6) is 0 Å². The van der Waals surface area contributed by atoms with E-state index in [0.717, 1.165) is 24.2 Å². The molecule has 3 atom stereocenters. The van der Waals surface area contributed by atoms with Crippen LogP contribution in [0.1, 0.15) is 40.5 Å². The first kappa shape index (κ1) is 17.1. The molecule has 3 heteroatoms. The predicted molar refractivity (Wildman–Crippen MR) is 97.7 cm³/mol. The molecule has 3 rings (SSSR count). The molecule has 2 aliphatic rings. The van der Waals surface area contributed by atoms with Gasteiger partial charge in [0.25, 0.3) is 0 Å². The van der Waals surface area contributed by atoms with Crippen LogP contribution in [0.2, 0.25) is 0 Å². The second kappa shape index (κ2) is 5.95. The van der Waals surface area contributed by atoms with Crippen LogP contribution < -0.4 is 5.32 Å². The third kappa shape index (κ3) is 2.97. The summed E-state index contributed by atoms with van der Waals surface area (Å²) in [6.07, 6.45) is 3.20. The summed E-state index contributed by atoms with van der Waals surface area (Å²) in [6.45, 7) is 9.14. The molecule has 1 heterocycles.